The van der Waals surface area contributed by atoms with Crippen LogP contribution in [0.15, 0.2) is 52.9 Å². The molecule has 27 heavy (non-hydrogen) atoms. The molecule has 2 aromatic carbocycles. The minimum Gasteiger partial charge on any atom is -0.341 e. The van der Waals surface area contributed by atoms with Gasteiger partial charge in [-0.05, 0) is 36.6 Å². The zero-order valence-corrected chi connectivity index (χ0v) is 17.7. The molecule has 4 rings (SSSR count). The molecule has 0 aliphatic carbocycles. The molecule has 6 heteroatoms. The third kappa shape index (κ3) is 4.50. The number of carbonyl (C=O) groups excluding carboxylic acids is 1. The van der Waals surface area contributed by atoms with Gasteiger partial charge < -0.3 is 4.90 Å². The molecular weight excluding hydrogens is 392 g/mol. The Hall–Kier alpha value is -1.50. The molecule has 0 radical (unpaired) electrons. The molecule has 0 N–H and O–H groups in total. The molecule has 2 heterocycles. The van der Waals surface area contributed by atoms with Crippen molar-refractivity contribution in [3.05, 3.63) is 59.7 Å². The Bertz CT molecular complexity index is 907. The summed E-state index contributed by atoms with van der Waals surface area (Å²) in [5.41, 5.74) is 3.78. The Morgan fingerprint density at radius 1 is 1.19 bits per heavy atom. The van der Waals surface area contributed by atoms with Crippen molar-refractivity contribution in [2.24, 2.45) is 0 Å². The second-order valence-corrected chi connectivity index (χ2v) is 10.2. The van der Waals surface area contributed by atoms with E-state index in [9.17, 15) is 4.79 Å². The monoisotopic (exact) mass is 414 g/mol. The lowest BCUT2D eigenvalue weighted by molar-refractivity contribution is -0.128. The summed E-state index contributed by atoms with van der Waals surface area (Å²) in [5.74, 6) is 1.70. The Labute approximate surface area is 172 Å². The van der Waals surface area contributed by atoms with E-state index in [1.54, 1.807) is 23.1 Å². The zero-order valence-electron chi connectivity index (χ0n) is 15.3. The summed E-state index contributed by atoms with van der Waals surface area (Å²) in [6, 6.07) is 16.7. The number of thioether (sulfide) groups is 2. The first-order valence-corrected chi connectivity index (χ1v) is 12.0. The van der Waals surface area contributed by atoms with Crippen LogP contribution in [0, 0.1) is 6.92 Å². The molecular formula is C21H22N2OS3. The van der Waals surface area contributed by atoms with Gasteiger partial charge in [-0.3, -0.25) is 4.79 Å². The highest BCUT2D eigenvalue weighted by molar-refractivity contribution is 8.01. The summed E-state index contributed by atoms with van der Waals surface area (Å²) in [7, 11) is 0. The highest BCUT2D eigenvalue weighted by atomic mass is 32.2. The molecule has 140 valence electrons. The standard InChI is InChI=1S/C21H22N2OS3/c1-15-6-2-3-7-16(15)18-10-11-23(12-13-25-18)20(24)14-26-21-22-17-8-4-5-9-19(17)27-21/h2-9,18H,10-14H2,1H3/t18-/m1/s1. The van der Waals surface area contributed by atoms with Crippen molar-refractivity contribution in [3.8, 4) is 0 Å². The molecule has 1 aromatic heterocycles. The number of fused-ring (bicyclic) bond motifs is 1. The van der Waals surface area contributed by atoms with E-state index in [0.717, 1.165) is 35.1 Å². The van der Waals surface area contributed by atoms with Crippen molar-refractivity contribution in [1.82, 2.24) is 9.88 Å². The molecule has 1 amide bonds. The number of para-hydroxylation sites is 1. The number of rotatable bonds is 4. The topological polar surface area (TPSA) is 33.2 Å². The fourth-order valence-corrected chi connectivity index (χ4v) is 6.64. The molecule has 0 saturated carbocycles. The summed E-state index contributed by atoms with van der Waals surface area (Å²) in [5, 5.41) is 0.487. The van der Waals surface area contributed by atoms with Crippen LogP contribution in [0.2, 0.25) is 0 Å². The molecule has 3 aromatic rings. The van der Waals surface area contributed by atoms with Gasteiger partial charge in [-0.1, -0.05) is 48.2 Å². The fraction of sp³-hybridized carbons (Fsp3) is 0.333. The van der Waals surface area contributed by atoms with E-state index in [1.165, 1.54) is 15.8 Å². The molecule has 1 atom stereocenters. The van der Waals surface area contributed by atoms with Gasteiger partial charge in [-0.25, -0.2) is 4.98 Å². The van der Waals surface area contributed by atoms with Gasteiger partial charge in [0.1, 0.15) is 0 Å². The Morgan fingerprint density at radius 3 is 2.85 bits per heavy atom. The highest BCUT2D eigenvalue weighted by Gasteiger charge is 2.23. The van der Waals surface area contributed by atoms with E-state index in [-0.39, 0.29) is 5.91 Å². The van der Waals surface area contributed by atoms with Crippen LogP contribution in [0.5, 0.6) is 0 Å². The zero-order chi connectivity index (χ0) is 18.6. The molecule has 0 unspecified atom stereocenters. The number of aromatic nitrogens is 1. The van der Waals surface area contributed by atoms with Crippen LogP contribution >= 0.6 is 34.9 Å². The van der Waals surface area contributed by atoms with Crippen LogP contribution in [-0.4, -0.2) is 40.4 Å². The van der Waals surface area contributed by atoms with Crippen molar-refractivity contribution in [2.45, 2.75) is 22.9 Å². The number of carbonyl (C=O) groups is 1. The third-order valence-electron chi connectivity index (χ3n) is 4.82. The minimum absolute atomic E-state index is 0.227. The largest absolute Gasteiger partial charge is 0.341 e. The minimum atomic E-state index is 0.227. The Balaban J connectivity index is 1.34. The second kappa shape index (κ2) is 8.67. The number of benzene rings is 2. The van der Waals surface area contributed by atoms with Gasteiger partial charge in [0, 0.05) is 24.1 Å². The highest BCUT2D eigenvalue weighted by Crippen LogP contribution is 2.36. The molecule has 0 spiro atoms. The van der Waals surface area contributed by atoms with Crippen molar-refractivity contribution >= 4 is 51.0 Å². The predicted octanol–water partition coefficient (Wildman–Crippen LogP) is 5.40. The summed E-state index contributed by atoms with van der Waals surface area (Å²) < 4.78 is 2.16. The maximum atomic E-state index is 12.7. The first-order valence-electron chi connectivity index (χ1n) is 9.14. The number of thiazole rings is 1. The van der Waals surface area contributed by atoms with E-state index >= 15 is 0 Å². The lowest BCUT2D eigenvalue weighted by Gasteiger charge is -2.20. The second-order valence-electron chi connectivity index (χ2n) is 6.62. The summed E-state index contributed by atoms with van der Waals surface area (Å²) in [6.07, 6.45) is 1.02. The first kappa shape index (κ1) is 18.8. The predicted molar refractivity (Wildman–Crippen MR) is 118 cm³/mol. The average Bonchev–Trinajstić information content (AvgIpc) is 2.94. The van der Waals surface area contributed by atoms with E-state index in [0.29, 0.717) is 11.0 Å². The number of hydrogen-bond donors (Lipinski definition) is 0. The maximum absolute atomic E-state index is 12.7. The average molecular weight is 415 g/mol. The van der Waals surface area contributed by atoms with E-state index in [2.05, 4.69) is 42.2 Å². The normalized spacial score (nSPS) is 17.8. The Morgan fingerprint density at radius 2 is 2.00 bits per heavy atom. The molecule has 1 aliphatic rings. The number of hydrogen-bond acceptors (Lipinski definition) is 5. The van der Waals surface area contributed by atoms with E-state index in [4.69, 9.17) is 0 Å². The lowest BCUT2D eigenvalue weighted by Crippen LogP contribution is -2.34. The van der Waals surface area contributed by atoms with Gasteiger partial charge in [0.2, 0.25) is 5.91 Å². The van der Waals surface area contributed by atoms with Crippen LogP contribution in [-0.2, 0) is 4.79 Å². The van der Waals surface area contributed by atoms with Gasteiger partial charge in [0.05, 0.1) is 16.0 Å². The van der Waals surface area contributed by atoms with Crippen molar-refractivity contribution in [3.63, 3.8) is 0 Å². The molecule has 1 fully saturated rings. The van der Waals surface area contributed by atoms with Gasteiger partial charge >= 0.3 is 0 Å². The van der Waals surface area contributed by atoms with Crippen LogP contribution in [0.1, 0.15) is 22.8 Å². The fourth-order valence-electron chi connectivity index (χ4n) is 3.34. The smallest absolute Gasteiger partial charge is 0.233 e. The maximum Gasteiger partial charge on any atom is 0.233 e. The van der Waals surface area contributed by atoms with Crippen molar-refractivity contribution in [2.75, 3.05) is 24.6 Å². The quantitative estimate of drug-likeness (QED) is 0.535. The third-order valence-corrected chi connectivity index (χ3v) is 8.30. The molecule has 3 nitrogen and oxygen atoms in total. The van der Waals surface area contributed by atoms with Crippen LogP contribution in [0.25, 0.3) is 10.2 Å². The molecule has 0 bridgehead atoms. The van der Waals surface area contributed by atoms with Gasteiger partial charge in [0.15, 0.2) is 4.34 Å². The number of amides is 1. The van der Waals surface area contributed by atoms with Crippen LogP contribution in [0.4, 0.5) is 0 Å². The number of aryl methyl sites for hydroxylation is 1. The van der Waals surface area contributed by atoms with Gasteiger partial charge in [0.25, 0.3) is 0 Å². The van der Waals surface area contributed by atoms with E-state index < -0.39 is 0 Å². The first-order chi connectivity index (χ1) is 13.2. The summed E-state index contributed by atoms with van der Waals surface area (Å²) in [4.78, 5) is 19.4. The Kier molecular flexibility index (Phi) is 6.05. The lowest BCUT2D eigenvalue weighted by atomic mass is 10.0. The summed E-state index contributed by atoms with van der Waals surface area (Å²) >= 11 is 5.21. The molecule has 1 saturated heterocycles. The van der Waals surface area contributed by atoms with E-state index in [1.807, 2.05) is 34.9 Å². The SMILES string of the molecule is Cc1ccccc1[C@H]1CCN(C(=O)CSc2nc3ccccc3s2)CCS1. The number of nitrogens with zero attached hydrogens (tertiary/aromatic N) is 2. The van der Waals surface area contributed by atoms with Crippen LogP contribution in [0.3, 0.4) is 0 Å². The van der Waals surface area contributed by atoms with Crippen molar-refractivity contribution in [1.29, 1.82) is 0 Å². The molecule has 1 aliphatic heterocycles. The van der Waals surface area contributed by atoms with Gasteiger partial charge in [-0.15, -0.1) is 11.3 Å². The van der Waals surface area contributed by atoms with Crippen molar-refractivity contribution < 1.29 is 4.79 Å². The van der Waals surface area contributed by atoms with Crippen LogP contribution < -0.4 is 0 Å². The summed E-state index contributed by atoms with van der Waals surface area (Å²) in [6.45, 7) is 3.86. The van der Waals surface area contributed by atoms with Gasteiger partial charge in [-0.2, -0.15) is 11.8 Å².